The third-order valence-corrected chi connectivity index (χ3v) is 1.33. The Labute approximate surface area is 58.9 Å². The standard InChI is InChI=1S/C7H6ClO/c1-5-2-3-6(8)7(9)4-5/h2-3,9H,1H3. The largest absolute Gasteiger partial charge is 0.506 e. The number of phenols is 1. The molecule has 2 heteroatoms. The Morgan fingerprint density at radius 3 is 2.67 bits per heavy atom. The van der Waals surface area contributed by atoms with E-state index < -0.39 is 0 Å². The molecule has 0 atom stereocenters. The first-order chi connectivity index (χ1) is 4.20. The molecule has 0 aromatic heterocycles. The molecule has 1 aromatic rings. The van der Waals surface area contributed by atoms with Crippen molar-refractivity contribution in [1.29, 1.82) is 0 Å². The van der Waals surface area contributed by atoms with Gasteiger partial charge in [-0.05, 0) is 18.6 Å². The number of phenolic OH excluding ortho intramolecular Hbond substituents is 1. The summed E-state index contributed by atoms with van der Waals surface area (Å²) in [5, 5.41) is 9.26. The van der Waals surface area contributed by atoms with E-state index in [1.54, 1.807) is 12.1 Å². The Morgan fingerprint density at radius 1 is 1.56 bits per heavy atom. The maximum Gasteiger partial charge on any atom is 0.142 e. The van der Waals surface area contributed by atoms with Gasteiger partial charge in [0.05, 0.1) is 5.02 Å². The highest BCUT2D eigenvalue weighted by Gasteiger charge is 1.95. The SMILES string of the molecule is Cc1[c]c(O)c(Cl)cc1. The highest BCUT2D eigenvalue weighted by atomic mass is 35.5. The average molecular weight is 142 g/mol. The van der Waals surface area contributed by atoms with Crippen molar-refractivity contribution >= 4 is 11.6 Å². The molecule has 0 aliphatic heterocycles. The van der Waals surface area contributed by atoms with Gasteiger partial charge in [0.25, 0.3) is 0 Å². The molecule has 0 bridgehead atoms. The minimum atomic E-state index is 0.0247. The normalized spacial score (nSPS) is 9.56. The monoisotopic (exact) mass is 141 g/mol. The van der Waals surface area contributed by atoms with Crippen molar-refractivity contribution in [3.63, 3.8) is 0 Å². The third-order valence-electron chi connectivity index (χ3n) is 1.02. The molecule has 9 heavy (non-hydrogen) atoms. The fourth-order valence-electron chi connectivity index (χ4n) is 0.565. The quantitative estimate of drug-likeness (QED) is 0.587. The number of benzene rings is 1. The fraction of sp³-hybridized carbons (Fsp3) is 0.143. The predicted octanol–water partition coefficient (Wildman–Crippen LogP) is 2.15. The molecule has 1 nitrogen and oxygen atoms in total. The summed E-state index contributed by atoms with van der Waals surface area (Å²) in [5.74, 6) is 0.0247. The van der Waals surface area contributed by atoms with Crippen molar-refractivity contribution in [3.8, 4) is 5.75 Å². The number of hydrogen-bond acceptors (Lipinski definition) is 1. The molecule has 0 spiro atoms. The van der Waals surface area contributed by atoms with Gasteiger partial charge in [-0.25, -0.2) is 0 Å². The second-order valence-corrected chi connectivity index (χ2v) is 2.25. The summed E-state index contributed by atoms with van der Waals surface area (Å²) in [6.45, 7) is 1.84. The van der Waals surface area contributed by atoms with Gasteiger partial charge in [0.15, 0.2) is 0 Å². The van der Waals surface area contributed by atoms with Crippen LogP contribution in [0.2, 0.25) is 5.02 Å². The fourth-order valence-corrected chi connectivity index (χ4v) is 0.675. The predicted molar refractivity (Wildman–Crippen MR) is 36.7 cm³/mol. The Kier molecular flexibility index (Phi) is 1.63. The lowest BCUT2D eigenvalue weighted by Gasteiger charge is -1.94. The van der Waals surface area contributed by atoms with Crippen LogP contribution in [0.25, 0.3) is 0 Å². The smallest absolute Gasteiger partial charge is 0.142 e. The second kappa shape index (κ2) is 2.28. The van der Waals surface area contributed by atoms with Gasteiger partial charge < -0.3 is 5.11 Å². The summed E-state index contributed by atoms with van der Waals surface area (Å²) >= 11 is 5.50. The van der Waals surface area contributed by atoms with Gasteiger partial charge in [0.1, 0.15) is 5.75 Å². The highest BCUT2D eigenvalue weighted by molar-refractivity contribution is 6.31. The molecule has 0 unspecified atom stereocenters. The van der Waals surface area contributed by atoms with Crippen molar-refractivity contribution in [2.45, 2.75) is 6.92 Å². The van der Waals surface area contributed by atoms with Gasteiger partial charge in [-0.2, -0.15) is 0 Å². The van der Waals surface area contributed by atoms with Crippen LogP contribution >= 0.6 is 11.6 Å². The maximum atomic E-state index is 8.91. The highest BCUT2D eigenvalue weighted by Crippen LogP contribution is 2.21. The Balaban J connectivity index is 3.17. The molecule has 0 aliphatic rings. The number of aromatic hydroxyl groups is 1. The topological polar surface area (TPSA) is 20.2 Å². The Bertz CT molecular complexity index is 220. The number of halogens is 1. The first kappa shape index (κ1) is 6.43. The zero-order valence-corrected chi connectivity index (χ0v) is 5.74. The summed E-state index contributed by atoms with van der Waals surface area (Å²) < 4.78 is 0. The Morgan fingerprint density at radius 2 is 2.22 bits per heavy atom. The molecule has 1 radical (unpaired) electrons. The van der Waals surface area contributed by atoms with Gasteiger partial charge in [-0.15, -0.1) is 0 Å². The lowest BCUT2D eigenvalue weighted by Crippen LogP contribution is -1.71. The van der Waals surface area contributed by atoms with Crippen molar-refractivity contribution in [2.75, 3.05) is 0 Å². The third kappa shape index (κ3) is 1.36. The average Bonchev–Trinajstić information content (AvgIpc) is 1.80. The summed E-state index contributed by atoms with van der Waals surface area (Å²) in [6, 6.07) is 6.10. The molecule has 0 aliphatic carbocycles. The molecular weight excluding hydrogens is 136 g/mol. The van der Waals surface area contributed by atoms with Crippen LogP contribution in [0.15, 0.2) is 12.1 Å². The number of aryl methyl sites for hydroxylation is 1. The first-order valence-electron chi connectivity index (χ1n) is 2.57. The van der Waals surface area contributed by atoms with Gasteiger partial charge in [0.2, 0.25) is 0 Å². The van der Waals surface area contributed by atoms with E-state index in [4.69, 9.17) is 16.7 Å². The van der Waals surface area contributed by atoms with E-state index in [-0.39, 0.29) is 5.75 Å². The molecule has 0 saturated heterocycles. The molecule has 0 fully saturated rings. The minimum Gasteiger partial charge on any atom is -0.506 e. The van der Waals surface area contributed by atoms with Crippen LogP contribution in [0, 0.1) is 13.0 Å². The van der Waals surface area contributed by atoms with E-state index >= 15 is 0 Å². The second-order valence-electron chi connectivity index (χ2n) is 1.84. The molecule has 1 N–H and O–H groups in total. The van der Waals surface area contributed by atoms with Crippen LogP contribution in [0.3, 0.4) is 0 Å². The van der Waals surface area contributed by atoms with E-state index in [0.717, 1.165) is 5.56 Å². The summed E-state index contributed by atoms with van der Waals surface area (Å²) in [6.07, 6.45) is 0. The molecular formula is C7H6ClO. The first-order valence-corrected chi connectivity index (χ1v) is 2.95. The van der Waals surface area contributed by atoms with Crippen LogP contribution in [-0.4, -0.2) is 5.11 Å². The van der Waals surface area contributed by atoms with E-state index in [1.807, 2.05) is 6.92 Å². The van der Waals surface area contributed by atoms with E-state index in [9.17, 15) is 0 Å². The number of rotatable bonds is 0. The molecule has 47 valence electrons. The molecule has 1 aromatic carbocycles. The zero-order chi connectivity index (χ0) is 6.85. The summed E-state index contributed by atoms with van der Waals surface area (Å²) in [4.78, 5) is 0. The lowest BCUT2D eigenvalue weighted by atomic mass is 10.2. The van der Waals surface area contributed by atoms with Gasteiger partial charge in [0, 0.05) is 6.07 Å². The van der Waals surface area contributed by atoms with Gasteiger partial charge in [-0.3, -0.25) is 0 Å². The van der Waals surface area contributed by atoms with Crippen LogP contribution < -0.4 is 0 Å². The molecule has 1 rings (SSSR count). The van der Waals surface area contributed by atoms with E-state index in [2.05, 4.69) is 6.07 Å². The number of hydrogen-bond donors (Lipinski definition) is 1. The lowest BCUT2D eigenvalue weighted by molar-refractivity contribution is 0.474. The Hall–Kier alpha value is -0.690. The van der Waals surface area contributed by atoms with Crippen molar-refractivity contribution in [1.82, 2.24) is 0 Å². The van der Waals surface area contributed by atoms with Gasteiger partial charge in [-0.1, -0.05) is 17.7 Å². The van der Waals surface area contributed by atoms with Crippen molar-refractivity contribution < 1.29 is 5.11 Å². The molecule has 0 saturated carbocycles. The van der Waals surface area contributed by atoms with E-state index in [0.29, 0.717) is 5.02 Å². The molecule has 0 amide bonds. The maximum absolute atomic E-state index is 8.91. The summed E-state index contributed by atoms with van der Waals surface area (Å²) in [7, 11) is 0. The summed E-state index contributed by atoms with van der Waals surface area (Å²) in [5.41, 5.74) is 0.886. The van der Waals surface area contributed by atoms with Crippen LogP contribution in [0.5, 0.6) is 5.75 Å². The van der Waals surface area contributed by atoms with Crippen molar-refractivity contribution in [2.24, 2.45) is 0 Å². The van der Waals surface area contributed by atoms with Crippen LogP contribution in [-0.2, 0) is 0 Å². The zero-order valence-electron chi connectivity index (χ0n) is 4.98. The van der Waals surface area contributed by atoms with Crippen LogP contribution in [0.4, 0.5) is 0 Å². The van der Waals surface area contributed by atoms with Gasteiger partial charge >= 0.3 is 0 Å². The van der Waals surface area contributed by atoms with Crippen molar-refractivity contribution in [3.05, 3.63) is 28.8 Å². The molecule has 0 heterocycles. The van der Waals surface area contributed by atoms with Crippen LogP contribution in [0.1, 0.15) is 5.56 Å². The van der Waals surface area contributed by atoms with E-state index in [1.165, 1.54) is 0 Å². The minimum absolute atomic E-state index is 0.0247.